The Bertz CT molecular complexity index is 1080. The van der Waals surface area contributed by atoms with E-state index >= 15 is 0 Å². The Hall–Kier alpha value is -3.19. The van der Waals surface area contributed by atoms with Crippen LogP contribution in [0.5, 0.6) is 0 Å². The van der Waals surface area contributed by atoms with Crippen molar-refractivity contribution in [3.05, 3.63) is 70.8 Å². The van der Waals surface area contributed by atoms with Crippen molar-refractivity contribution in [2.24, 2.45) is 0 Å². The quantitative estimate of drug-likeness (QED) is 0.269. The summed E-state index contributed by atoms with van der Waals surface area (Å²) in [5, 5.41) is 18.5. The molecule has 2 aromatic carbocycles. The molecule has 2 N–H and O–H groups in total. The van der Waals surface area contributed by atoms with Gasteiger partial charge in [0.25, 0.3) is 0 Å². The number of rotatable bonds is 10. The summed E-state index contributed by atoms with van der Waals surface area (Å²) in [7, 11) is 0. The zero-order chi connectivity index (χ0) is 33.3. The molecule has 43 heavy (non-hydrogen) atoms. The molecule has 7 heteroatoms. The molecule has 1 saturated carbocycles. The van der Waals surface area contributed by atoms with Crippen molar-refractivity contribution < 1.29 is 34.1 Å². The number of ether oxygens (including phenoxy) is 2. The molecule has 7 nitrogen and oxygen atoms in total. The number of hydrogen-bond donors (Lipinski definition) is 2. The molecular weight excluding hydrogens is 544 g/mol. The molecule has 0 saturated heterocycles. The second-order valence-electron chi connectivity index (χ2n) is 12.3. The monoisotopic (exact) mass is 600 g/mol. The Morgan fingerprint density at radius 1 is 0.651 bits per heavy atom. The molecule has 2 aromatic rings. The molecule has 0 amide bonds. The number of carbonyl (C=O) groups is 3. The number of hydrogen-bond acceptors (Lipinski definition) is 6. The van der Waals surface area contributed by atoms with Gasteiger partial charge in [-0.25, -0.2) is 0 Å². The molecular formula is C36H56O7. The molecule has 1 aliphatic rings. The normalized spacial score (nSPS) is 13.0. The lowest BCUT2D eigenvalue weighted by Gasteiger charge is -2.19. The second kappa shape index (κ2) is 19.2. The van der Waals surface area contributed by atoms with Crippen LogP contribution in [0.1, 0.15) is 117 Å². The number of aliphatic carboxylic acids is 1. The van der Waals surface area contributed by atoms with Gasteiger partial charge in [0.2, 0.25) is 0 Å². The second-order valence-corrected chi connectivity index (χ2v) is 12.3. The van der Waals surface area contributed by atoms with Gasteiger partial charge in [0, 0.05) is 19.3 Å². The highest BCUT2D eigenvalue weighted by Gasteiger charge is 2.39. The Balaban J connectivity index is 0.000000736. The van der Waals surface area contributed by atoms with Gasteiger partial charge < -0.3 is 19.7 Å². The molecule has 0 spiro atoms. The van der Waals surface area contributed by atoms with Gasteiger partial charge in [-0.05, 0) is 89.5 Å². The van der Waals surface area contributed by atoms with E-state index in [2.05, 4.69) is 0 Å². The minimum absolute atomic E-state index is 0.0202. The molecule has 0 aliphatic heterocycles. The van der Waals surface area contributed by atoms with Crippen LogP contribution in [0.3, 0.4) is 0 Å². The summed E-state index contributed by atoms with van der Waals surface area (Å²) in [5.41, 5.74) is 2.73. The zero-order valence-corrected chi connectivity index (χ0v) is 28.2. The van der Waals surface area contributed by atoms with Crippen molar-refractivity contribution in [2.45, 2.75) is 137 Å². The van der Waals surface area contributed by atoms with Crippen molar-refractivity contribution in [1.82, 2.24) is 0 Å². The highest BCUT2D eigenvalue weighted by Crippen LogP contribution is 2.38. The largest absolute Gasteiger partial charge is 0.481 e. The van der Waals surface area contributed by atoms with E-state index < -0.39 is 22.8 Å². The highest BCUT2D eigenvalue weighted by atomic mass is 16.6. The Morgan fingerprint density at radius 3 is 1.28 bits per heavy atom. The minimum Gasteiger partial charge on any atom is -0.481 e. The highest BCUT2D eigenvalue weighted by molar-refractivity contribution is 5.71. The number of benzene rings is 2. The van der Waals surface area contributed by atoms with Crippen LogP contribution in [0.15, 0.2) is 48.5 Å². The summed E-state index contributed by atoms with van der Waals surface area (Å²) in [5.74, 6) is -1.22. The Labute approximate surface area is 260 Å². The predicted octanol–water partition coefficient (Wildman–Crippen LogP) is 7.67. The van der Waals surface area contributed by atoms with Crippen molar-refractivity contribution in [3.8, 4) is 0 Å². The van der Waals surface area contributed by atoms with Crippen LogP contribution >= 0.6 is 0 Å². The first-order chi connectivity index (χ1) is 20.0. The molecule has 1 fully saturated rings. The van der Waals surface area contributed by atoms with Crippen molar-refractivity contribution in [3.63, 3.8) is 0 Å². The summed E-state index contributed by atoms with van der Waals surface area (Å²) in [6.07, 6.45) is 4.60. The van der Waals surface area contributed by atoms with E-state index in [1.165, 1.54) is 0 Å². The van der Waals surface area contributed by atoms with Gasteiger partial charge in [-0.2, -0.15) is 0 Å². The summed E-state index contributed by atoms with van der Waals surface area (Å²) in [4.78, 5) is 33.7. The summed E-state index contributed by atoms with van der Waals surface area (Å²) < 4.78 is 10.5. The van der Waals surface area contributed by atoms with Gasteiger partial charge in [-0.1, -0.05) is 76.2 Å². The van der Waals surface area contributed by atoms with Gasteiger partial charge in [-0.15, -0.1) is 0 Å². The average molecular weight is 601 g/mol. The van der Waals surface area contributed by atoms with Gasteiger partial charge in [0.15, 0.2) is 0 Å². The van der Waals surface area contributed by atoms with E-state index in [1.807, 2.05) is 106 Å². The third-order valence-electron chi connectivity index (χ3n) is 5.84. The Kier molecular flexibility index (Phi) is 17.7. The predicted molar refractivity (Wildman–Crippen MR) is 173 cm³/mol. The van der Waals surface area contributed by atoms with Crippen LogP contribution in [-0.2, 0) is 49.5 Å². The minimum atomic E-state index is -0.846. The van der Waals surface area contributed by atoms with E-state index in [9.17, 15) is 19.5 Å². The van der Waals surface area contributed by atoms with E-state index in [0.29, 0.717) is 25.7 Å². The molecule has 3 rings (SSSR count). The molecule has 0 atom stereocenters. The van der Waals surface area contributed by atoms with E-state index in [0.717, 1.165) is 41.5 Å². The molecule has 0 bridgehead atoms. The maximum atomic E-state index is 11.6. The maximum Gasteiger partial charge on any atom is 0.307 e. The fourth-order valence-corrected chi connectivity index (χ4v) is 3.80. The smallest absolute Gasteiger partial charge is 0.307 e. The summed E-state index contributed by atoms with van der Waals surface area (Å²) in [6.45, 7) is 19.1. The number of carboxylic acid groups (broad SMARTS) is 1. The lowest BCUT2D eigenvalue weighted by Crippen LogP contribution is -2.24. The lowest BCUT2D eigenvalue weighted by atomic mass is 10.0. The van der Waals surface area contributed by atoms with E-state index in [-0.39, 0.29) is 18.4 Å². The standard InChI is InChI=1S/C17H24O3.C15H20O4.2C2H6/c1-16(2,3)20-15(18)9-8-13-4-6-14(7-5-13)12-17(19)10-11-17;1-15(2,3)19-14(18)9-8-11-4-6-12(7-5-11)10-13(16)17;2*1-2/h4-7,19H,8-12H2,1-3H3;4-7H,8-10H2,1-3H3,(H,16,17);2*1-2H3. The van der Waals surface area contributed by atoms with Crippen LogP contribution in [0.2, 0.25) is 0 Å². The first kappa shape index (κ1) is 39.8. The van der Waals surface area contributed by atoms with Crippen molar-refractivity contribution in [1.29, 1.82) is 0 Å². The topological polar surface area (TPSA) is 110 Å². The first-order valence-corrected chi connectivity index (χ1v) is 15.6. The lowest BCUT2D eigenvalue weighted by molar-refractivity contribution is -0.155. The van der Waals surface area contributed by atoms with Gasteiger partial charge in [0.05, 0.1) is 12.0 Å². The molecule has 0 radical (unpaired) electrons. The molecule has 0 unspecified atom stereocenters. The molecule has 242 valence electrons. The SMILES string of the molecule is CC.CC.CC(C)(C)OC(=O)CCc1ccc(CC(=O)O)cc1.CC(C)(C)OC(=O)CCc1ccc(CC2(O)CC2)cc1. The fourth-order valence-electron chi connectivity index (χ4n) is 3.80. The van der Waals surface area contributed by atoms with Crippen molar-refractivity contribution >= 4 is 17.9 Å². The summed E-state index contributed by atoms with van der Waals surface area (Å²) in [6, 6.07) is 15.4. The number of carbonyl (C=O) groups excluding carboxylic acids is 2. The van der Waals surface area contributed by atoms with Crippen molar-refractivity contribution in [2.75, 3.05) is 0 Å². The van der Waals surface area contributed by atoms with Gasteiger partial charge in [0.1, 0.15) is 11.2 Å². The maximum absolute atomic E-state index is 11.6. The fraction of sp³-hybridized carbons (Fsp3) is 0.583. The third kappa shape index (κ3) is 20.4. The van der Waals surface area contributed by atoms with Gasteiger partial charge in [-0.3, -0.25) is 14.4 Å². The number of aryl methyl sites for hydroxylation is 2. The van der Waals surface area contributed by atoms with Crippen LogP contribution in [0.4, 0.5) is 0 Å². The van der Waals surface area contributed by atoms with E-state index in [1.54, 1.807) is 12.1 Å². The zero-order valence-electron chi connectivity index (χ0n) is 28.2. The third-order valence-corrected chi connectivity index (χ3v) is 5.84. The number of carboxylic acids is 1. The van der Waals surface area contributed by atoms with Gasteiger partial charge >= 0.3 is 17.9 Å². The Morgan fingerprint density at radius 2 is 0.977 bits per heavy atom. The molecule has 1 aliphatic carbocycles. The van der Waals surface area contributed by atoms with Crippen LogP contribution < -0.4 is 0 Å². The average Bonchev–Trinajstić information content (AvgIpc) is 3.64. The summed E-state index contributed by atoms with van der Waals surface area (Å²) >= 11 is 0. The molecule has 0 aromatic heterocycles. The first-order valence-electron chi connectivity index (χ1n) is 15.6. The molecule has 0 heterocycles. The van der Waals surface area contributed by atoms with E-state index in [4.69, 9.17) is 14.6 Å². The number of esters is 2. The van der Waals surface area contributed by atoms with Crippen LogP contribution in [-0.4, -0.2) is 44.9 Å². The van der Waals surface area contributed by atoms with Crippen LogP contribution in [0, 0.1) is 0 Å². The number of aliphatic hydroxyl groups is 1. The van der Waals surface area contributed by atoms with Crippen LogP contribution in [0.25, 0.3) is 0 Å².